The normalized spacial score (nSPS) is 15.6. The fourth-order valence-electron chi connectivity index (χ4n) is 3.71. The topological polar surface area (TPSA) is 65.5 Å². The average molecular weight is 455 g/mol. The zero-order valence-corrected chi connectivity index (χ0v) is 19.1. The van der Waals surface area contributed by atoms with Gasteiger partial charge in [0.25, 0.3) is 0 Å². The predicted octanol–water partition coefficient (Wildman–Crippen LogP) is 3.11. The van der Waals surface area contributed by atoms with Gasteiger partial charge < -0.3 is 10.2 Å². The van der Waals surface area contributed by atoms with Gasteiger partial charge in [-0.15, -0.1) is 22.7 Å². The van der Waals surface area contributed by atoms with Gasteiger partial charge in [-0.25, -0.2) is 4.98 Å². The molecule has 1 saturated heterocycles. The summed E-state index contributed by atoms with van der Waals surface area (Å²) in [4.78, 5) is 34.8. The maximum absolute atomic E-state index is 12.8. The number of carbonyl (C=O) groups excluding carboxylic acids is 2. The third kappa shape index (κ3) is 5.78. The van der Waals surface area contributed by atoms with Gasteiger partial charge in [0.05, 0.1) is 19.0 Å². The monoisotopic (exact) mass is 454 g/mol. The Morgan fingerprint density at radius 2 is 1.84 bits per heavy atom. The number of rotatable bonds is 7. The van der Waals surface area contributed by atoms with Crippen LogP contribution in [0.25, 0.3) is 0 Å². The second-order valence-electron chi connectivity index (χ2n) is 7.64. The maximum Gasteiger partial charge on any atom is 0.234 e. The van der Waals surface area contributed by atoms with Crippen LogP contribution in [0.1, 0.15) is 27.2 Å². The SMILES string of the molecule is Cc1csc(CC(=O)N2CCN(CC(=O)N[C@H](c3ccccc3)c3cccs3)CC2)n1. The zero-order chi connectivity index (χ0) is 21.6. The quantitative estimate of drug-likeness (QED) is 0.596. The van der Waals surface area contributed by atoms with Crippen LogP contribution in [0.5, 0.6) is 0 Å². The van der Waals surface area contributed by atoms with Crippen molar-refractivity contribution in [3.8, 4) is 0 Å². The van der Waals surface area contributed by atoms with Gasteiger partial charge in [-0.3, -0.25) is 14.5 Å². The van der Waals surface area contributed by atoms with Crippen molar-refractivity contribution in [2.45, 2.75) is 19.4 Å². The molecule has 1 aliphatic rings. The highest BCUT2D eigenvalue weighted by molar-refractivity contribution is 7.10. The van der Waals surface area contributed by atoms with E-state index in [2.05, 4.69) is 21.3 Å². The molecule has 3 aromatic rings. The lowest BCUT2D eigenvalue weighted by Gasteiger charge is -2.34. The number of thiophene rings is 1. The van der Waals surface area contributed by atoms with Crippen LogP contribution >= 0.6 is 22.7 Å². The molecule has 0 bridgehead atoms. The largest absolute Gasteiger partial charge is 0.343 e. The van der Waals surface area contributed by atoms with Crippen LogP contribution in [0, 0.1) is 6.92 Å². The number of nitrogens with one attached hydrogen (secondary N) is 1. The minimum atomic E-state index is -0.140. The number of hydrogen-bond acceptors (Lipinski definition) is 6. The molecule has 0 saturated carbocycles. The molecule has 31 heavy (non-hydrogen) atoms. The molecule has 0 aliphatic carbocycles. The van der Waals surface area contributed by atoms with E-state index in [0.29, 0.717) is 39.1 Å². The van der Waals surface area contributed by atoms with Crippen molar-refractivity contribution in [2.24, 2.45) is 0 Å². The van der Waals surface area contributed by atoms with Crippen molar-refractivity contribution < 1.29 is 9.59 Å². The van der Waals surface area contributed by atoms with Gasteiger partial charge in [-0.2, -0.15) is 0 Å². The van der Waals surface area contributed by atoms with E-state index in [4.69, 9.17) is 0 Å². The molecule has 0 radical (unpaired) electrons. The number of aromatic nitrogens is 1. The molecule has 1 aliphatic heterocycles. The summed E-state index contributed by atoms with van der Waals surface area (Å²) in [5.41, 5.74) is 2.03. The second-order valence-corrected chi connectivity index (χ2v) is 9.56. The summed E-state index contributed by atoms with van der Waals surface area (Å²) in [7, 11) is 0. The smallest absolute Gasteiger partial charge is 0.234 e. The van der Waals surface area contributed by atoms with E-state index in [1.54, 1.807) is 11.3 Å². The van der Waals surface area contributed by atoms with Crippen LogP contribution in [-0.2, 0) is 16.0 Å². The van der Waals surface area contributed by atoms with E-state index in [1.807, 2.05) is 59.0 Å². The Labute approximate surface area is 190 Å². The van der Waals surface area contributed by atoms with Gasteiger partial charge in [0.2, 0.25) is 11.8 Å². The van der Waals surface area contributed by atoms with Crippen molar-refractivity contribution in [2.75, 3.05) is 32.7 Å². The third-order valence-corrected chi connectivity index (χ3v) is 7.23. The fourth-order valence-corrected chi connectivity index (χ4v) is 5.28. The summed E-state index contributed by atoms with van der Waals surface area (Å²) in [6, 6.07) is 14.0. The first-order valence-electron chi connectivity index (χ1n) is 10.4. The molecule has 162 valence electrons. The summed E-state index contributed by atoms with van der Waals surface area (Å²) in [5.74, 6) is 0.112. The predicted molar refractivity (Wildman–Crippen MR) is 124 cm³/mol. The summed E-state index contributed by atoms with van der Waals surface area (Å²) >= 11 is 3.18. The maximum atomic E-state index is 12.8. The molecule has 2 aromatic heterocycles. The number of amides is 2. The minimum absolute atomic E-state index is 0.000269. The molecule has 4 rings (SSSR count). The minimum Gasteiger partial charge on any atom is -0.343 e. The molecule has 8 heteroatoms. The highest BCUT2D eigenvalue weighted by atomic mass is 32.1. The van der Waals surface area contributed by atoms with Crippen molar-refractivity contribution in [3.05, 3.63) is 74.4 Å². The van der Waals surface area contributed by atoms with E-state index in [-0.39, 0.29) is 17.9 Å². The number of aryl methyl sites for hydroxylation is 1. The summed E-state index contributed by atoms with van der Waals surface area (Å²) in [6.45, 7) is 4.96. The Hall–Kier alpha value is -2.55. The van der Waals surface area contributed by atoms with Gasteiger partial charge in [0.1, 0.15) is 5.01 Å². The molecule has 1 aromatic carbocycles. The molecule has 1 atom stereocenters. The Bertz CT molecular complexity index is 996. The van der Waals surface area contributed by atoms with Gasteiger partial charge >= 0.3 is 0 Å². The highest BCUT2D eigenvalue weighted by Crippen LogP contribution is 2.25. The van der Waals surface area contributed by atoms with E-state index in [1.165, 1.54) is 11.3 Å². The van der Waals surface area contributed by atoms with Crippen molar-refractivity contribution >= 4 is 34.5 Å². The van der Waals surface area contributed by atoms with Gasteiger partial charge in [-0.05, 0) is 23.9 Å². The van der Waals surface area contributed by atoms with Crippen molar-refractivity contribution in [1.29, 1.82) is 0 Å². The Balaban J connectivity index is 1.29. The molecule has 1 fully saturated rings. The Kier molecular flexibility index (Phi) is 7.11. The van der Waals surface area contributed by atoms with Crippen LogP contribution in [0.2, 0.25) is 0 Å². The standard InChI is InChI=1S/C23H26N4O2S2/c1-17-16-31-21(24-17)14-22(29)27-11-9-26(10-12-27)15-20(28)25-23(19-8-5-13-30-19)18-6-3-2-4-7-18/h2-8,13,16,23H,9-12,14-15H2,1H3,(H,25,28)/t23-/m1/s1. The molecular formula is C23H26N4O2S2. The summed E-state index contributed by atoms with van der Waals surface area (Å²) < 4.78 is 0. The Morgan fingerprint density at radius 3 is 2.48 bits per heavy atom. The number of nitrogens with zero attached hydrogens (tertiary/aromatic N) is 3. The summed E-state index contributed by atoms with van der Waals surface area (Å²) in [5, 5.41) is 8.06. The van der Waals surface area contributed by atoms with E-state index in [0.717, 1.165) is 21.1 Å². The molecule has 1 N–H and O–H groups in total. The van der Waals surface area contributed by atoms with E-state index < -0.39 is 0 Å². The van der Waals surface area contributed by atoms with Crippen LogP contribution in [0.15, 0.2) is 53.2 Å². The lowest BCUT2D eigenvalue weighted by molar-refractivity contribution is -0.132. The van der Waals surface area contributed by atoms with Crippen LogP contribution in [0.3, 0.4) is 0 Å². The van der Waals surface area contributed by atoms with E-state index >= 15 is 0 Å². The Morgan fingerprint density at radius 1 is 1.06 bits per heavy atom. The third-order valence-electron chi connectivity index (χ3n) is 5.33. The van der Waals surface area contributed by atoms with Gasteiger partial charge in [-0.1, -0.05) is 36.4 Å². The van der Waals surface area contributed by atoms with Crippen LogP contribution in [0.4, 0.5) is 0 Å². The van der Waals surface area contributed by atoms with Gasteiger partial charge in [0.15, 0.2) is 0 Å². The zero-order valence-electron chi connectivity index (χ0n) is 17.5. The lowest BCUT2D eigenvalue weighted by Crippen LogP contribution is -2.51. The number of hydrogen-bond donors (Lipinski definition) is 1. The van der Waals surface area contributed by atoms with Crippen molar-refractivity contribution in [3.63, 3.8) is 0 Å². The summed E-state index contributed by atoms with van der Waals surface area (Å²) in [6.07, 6.45) is 0.360. The number of thiazole rings is 1. The first-order valence-corrected chi connectivity index (χ1v) is 12.1. The van der Waals surface area contributed by atoms with Crippen LogP contribution in [-0.4, -0.2) is 59.3 Å². The van der Waals surface area contributed by atoms with E-state index in [9.17, 15) is 9.59 Å². The molecule has 6 nitrogen and oxygen atoms in total. The molecule has 3 heterocycles. The molecule has 0 spiro atoms. The lowest BCUT2D eigenvalue weighted by atomic mass is 10.1. The van der Waals surface area contributed by atoms with Gasteiger partial charge in [0, 0.05) is 42.1 Å². The highest BCUT2D eigenvalue weighted by Gasteiger charge is 2.24. The fraction of sp³-hybridized carbons (Fsp3) is 0.348. The molecular weight excluding hydrogens is 428 g/mol. The number of carbonyl (C=O) groups is 2. The number of piperazine rings is 1. The second kappa shape index (κ2) is 10.2. The van der Waals surface area contributed by atoms with Crippen molar-refractivity contribution in [1.82, 2.24) is 20.1 Å². The first-order chi connectivity index (χ1) is 15.1. The molecule has 2 amide bonds. The number of benzene rings is 1. The molecule has 0 unspecified atom stereocenters. The first kappa shape index (κ1) is 21.7. The average Bonchev–Trinajstić information content (AvgIpc) is 3.45. The van der Waals surface area contributed by atoms with Crippen LogP contribution < -0.4 is 5.32 Å².